The lowest BCUT2D eigenvalue weighted by atomic mass is 10.1. The highest BCUT2D eigenvalue weighted by molar-refractivity contribution is 6.06. The number of ether oxygens (including phenoxy) is 2. The van der Waals surface area contributed by atoms with Gasteiger partial charge in [-0.15, -0.1) is 0 Å². The standard InChI is InChI=1S/C21H31N3O4/c1-5-27-21(26)20-15(2)23(4)19-7-6-17(12-18(19)20)28-14-16(25)13-24-10-8-22(3)9-11-24/h6-7,12,16,25H,5,8-11,13-14H2,1-4H3/t16-/m0/s1. The summed E-state index contributed by atoms with van der Waals surface area (Å²) in [5.41, 5.74) is 2.38. The number of benzene rings is 1. The van der Waals surface area contributed by atoms with Crippen molar-refractivity contribution in [2.24, 2.45) is 7.05 Å². The van der Waals surface area contributed by atoms with Gasteiger partial charge in [0.2, 0.25) is 0 Å². The summed E-state index contributed by atoms with van der Waals surface area (Å²) in [6, 6.07) is 5.67. The Bertz CT molecular complexity index is 825. The van der Waals surface area contributed by atoms with Crippen LogP contribution in [-0.2, 0) is 11.8 Å². The normalized spacial score (nSPS) is 17.0. The molecular weight excluding hydrogens is 358 g/mol. The number of carbonyl (C=O) groups is 1. The zero-order valence-electron chi connectivity index (χ0n) is 17.3. The summed E-state index contributed by atoms with van der Waals surface area (Å²) in [4.78, 5) is 16.9. The highest BCUT2D eigenvalue weighted by Crippen LogP contribution is 2.29. The van der Waals surface area contributed by atoms with Crippen molar-refractivity contribution in [1.29, 1.82) is 0 Å². The third-order valence-electron chi connectivity index (χ3n) is 5.45. The second kappa shape index (κ2) is 8.94. The van der Waals surface area contributed by atoms with Gasteiger partial charge in [-0.05, 0) is 39.1 Å². The molecule has 2 heterocycles. The van der Waals surface area contributed by atoms with Crippen LogP contribution in [0.1, 0.15) is 23.0 Å². The molecule has 0 saturated carbocycles. The molecule has 1 aliphatic heterocycles. The number of esters is 1. The van der Waals surface area contributed by atoms with Crippen LogP contribution in [0.4, 0.5) is 0 Å². The van der Waals surface area contributed by atoms with Crippen molar-refractivity contribution in [3.63, 3.8) is 0 Å². The van der Waals surface area contributed by atoms with Gasteiger partial charge < -0.3 is 24.0 Å². The summed E-state index contributed by atoms with van der Waals surface area (Å²) in [5.74, 6) is 0.318. The van der Waals surface area contributed by atoms with Gasteiger partial charge in [0.1, 0.15) is 18.5 Å². The van der Waals surface area contributed by atoms with Crippen LogP contribution in [0.15, 0.2) is 18.2 Å². The fraction of sp³-hybridized carbons (Fsp3) is 0.571. The summed E-state index contributed by atoms with van der Waals surface area (Å²) in [6.07, 6.45) is -0.555. The van der Waals surface area contributed by atoms with Gasteiger partial charge in [-0.1, -0.05) is 0 Å². The predicted octanol–water partition coefficient (Wildman–Crippen LogP) is 1.65. The average Bonchev–Trinajstić information content (AvgIpc) is 2.92. The van der Waals surface area contributed by atoms with Crippen molar-refractivity contribution >= 4 is 16.9 Å². The van der Waals surface area contributed by atoms with E-state index < -0.39 is 6.10 Å². The molecule has 1 aromatic carbocycles. The lowest BCUT2D eigenvalue weighted by Gasteiger charge is -2.33. The molecule has 154 valence electrons. The minimum atomic E-state index is -0.555. The van der Waals surface area contributed by atoms with E-state index in [1.807, 2.05) is 36.7 Å². The molecule has 7 heteroatoms. The Balaban J connectivity index is 1.68. The first kappa shape index (κ1) is 20.6. The summed E-state index contributed by atoms with van der Waals surface area (Å²) >= 11 is 0. The molecule has 0 amide bonds. The molecule has 7 nitrogen and oxygen atoms in total. The molecule has 0 radical (unpaired) electrons. The van der Waals surface area contributed by atoms with Gasteiger partial charge in [-0.3, -0.25) is 4.90 Å². The number of nitrogens with zero attached hydrogens (tertiary/aromatic N) is 3. The van der Waals surface area contributed by atoms with Crippen LogP contribution >= 0.6 is 0 Å². The Morgan fingerprint density at radius 3 is 2.61 bits per heavy atom. The molecule has 0 unspecified atom stereocenters. The number of aromatic nitrogens is 1. The van der Waals surface area contributed by atoms with Crippen molar-refractivity contribution in [2.75, 3.05) is 53.0 Å². The highest BCUT2D eigenvalue weighted by atomic mass is 16.5. The van der Waals surface area contributed by atoms with Gasteiger partial charge in [-0.25, -0.2) is 4.79 Å². The van der Waals surface area contributed by atoms with Crippen LogP contribution in [0.5, 0.6) is 5.75 Å². The molecule has 2 aromatic rings. The van der Waals surface area contributed by atoms with Crippen molar-refractivity contribution < 1.29 is 19.4 Å². The molecule has 0 aliphatic carbocycles. The number of fused-ring (bicyclic) bond motifs is 1. The van der Waals surface area contributed by atoms with Crippen LogP contribution in [0.3, 0.4) is 0 Å². The number of β-amino-alcohol motifs (C(OH)–C–C–N with tert-alkyl or cyclic N) is 1. The maximum absolute atomic E-state index is 12.4. The van der Waals surface area contributed by atoms with Crippen LogP contribution < -0.4 is 4.74 Å². The fourth-order valence-electron chi connectivity index (χ4n) is 3.68. The van der Waals surface area contributed by atoms with Gasteiger partial charge >= 0.3 is 5.97 Å². The van der Waals surface area contributed by atoms with E-state index in [0.717, 1.165) is 42.8 Å². The molecule has 1 saturated heterocycles. The smallest absolute Gasteiger partial charge is 0.340 e. The van der Waals surface area contributed by atoms with E-state index in [1.54, 1.807) is 6.92 Å². The second-order valence-corrected chi connectivity index (χ2v) is 7.49. The van der Waals surface area contributed by atoms with Gasteiger partial charge in [0, 0.05) is 56.4 Å². The number of hydrogen-bond acceptors (Lipinski definition) is 6. The maximum Gasteiger partial charge on any atom is 0.340 e. The lowest BCUT2D eigenvalue weighted by Crippen LogP contribution is -2.47. The minimum Gasteiger partial charge on any atom is -0.491 e. The zero-order valence-corrected chi connectivity index (χ0v) is 17.3. The van der Waals surface area contributed by atoms with Crippen molar-refractivity contribution in [3.05, 3.63) is 29.5 Å². The van der Waals surface area contributed by atoms with Crippen molar-refractivity contribution in [2.45, 2.75) is 20.0 Å². The van der Waals surface area contributed by atoms with Gasteiger partial charge in [0.05, 0.1) is 12.2 Å². The molecule has 1 atom stereocenters. The molecule has 1 aliphatic rings. The first-order valence-corrected chi connectivity index (χ1v) is 9.88. The largest absolute Gasteiger partial charge is 0.491 e. The molecular formula is C21H31N3O4. The fourth-order valence-corrected chi connectivity index (χ4v) is 3.68. The van der Waals surface area contributed by atoms with E-state index >= 15 is 0 Å². The van der Waals surface area contributed by atoms with Crippen LogP contribution in [0.2, 0.25) is 0 Å². The van der Waals surface area contributed by atoms with E-state index in [-0.39, 0.29) is 12.6 Å². The highest BCUT2D eigenvalue weighted by Gasteiger charge is 2.21. The van der Waals surface area contributed by atoms with Gasteiger partial charge in [0.25, 0.3) is 0 Å². The van der Waals surface area contributed by atoms with E-state index in [0.29, 0.717) is 24.5 Å². The summed E-state index contributed by atoms with van der Waals surface area (Å²) in [7, 11) is 4.05. The van der Waals surface area contributed by atoms with E-state index in [9.17, 15) is 9.90 Å². The summed E-state index contributed by atoms with van der Waals surface area (Å²) in [5, 5.41) is 11.2. The van der Waals surface area contributed by atoms with Gasteiger partial charge in [0.15, 0.2) is 0 Å². The van der Waals surface area contributed by atoms with E-state index in [2.05, 4.69) is 16.8 Å². The molecule has 3 rings (SSSR count). The van der Waals surface area contributed by atoms with E-state index in [1.165, 1.54) is 0 Å². The van der Waals surface area contributed by atoms with Gasteiger partial charge in [-0.2, -0.15) is 0 Å². The van der Waals surface area contributed by atoms with Crippen molar-refractivity contribution in [3.8, 4) is 5.75 Å². The monoisotopic (exact) mass is 389 g/mol. The molecule has 1 fully saturated rings. The third kappa shape index (κ3) is 4.48. The number of hydrogen-bond donors (Lipinski definition) is 1. The second-order valence-electron chi connectivity index (χ2n) is 7.49. The number of aliphatic hydroxyl groups is 1. The maximum atomic E-state index is 12.4. The Morgan fingerprint density at radius 2 is 1.93 bits per heavy atom. The predicted molar refractivity (Wildman–Crippen MR) is 109 cm³/mol. The first-order chi connectivity index (χ1) is 13.4. The Kier molecular flexibility index (Phi) is 6.59. The molecule has 0 spiro atoms. The Labute approximate surface area is 166 Å². The van der Waals surface area contributed by atoms with Crippen LogP contribution in [0, 0.1) is 6.92 Å². The SMILES string of the molecule is CCOC(=O)c1c(C)n(C)c2ccc(OC[C@@H](O)CN3CCN(C)CC3)cc12. The molecule has 1 aromatic heterocycles. The Morgan fingerprint density at radius 1 is 1.21 bits per heavy atom. The third-order valence-corrected chi connectivity index (χ3v) is 5.45. The molecule has 1 N–H and O–H groups in total. The average molecular weight is 389 g/mol. The molecule has 28 heavy (non-hydrogen) atoms. The quantitative estimate of drug-likeness (QED) is 0.727. The number of rotatable bonds is 7. The minimum absolute atomic E-state index is 0.221. The number of aryl methyl sites for hydroxylation is 1. The topological polar surface area (TPSA) is 67.2 Å². The lowest BCUT2D eigenvalue weighted by molar-refractivity contribution is 0.0504. The van der Waals surface area contributed by atoms with E-state index in [4.69, 9.17) is 9.47 Å². The van der Waals surface area contributed by atoms with Crippen LogP contribution in [0.25, 0.3) is 10.9 Å². The first-order valence-electron chi connectivity index (χ1n) is 9.88. The molecule has 0 bridgehead atoms. The number of piperazine rings is 1. The Hall–Kier alpha value is -2.09. The summed E-state index contributed by atoms with van der Waals surface area (Å²) < 4.78 is 13.0. The number of carbonyl (C=O) groups excluding carboxylic acids is 1. The van der Waals surface area contributed by atoms with Crippen molar-refractivity contribution in [1.82, 2.24) is 14.4 Å². The number of aliphatic hydroxyl groups excluding tert-OH is 1. The van der Waals surface area contributed by atoms with Crippen LogP contribution in [-0.4, -0.2) is 84.5 Å². The zero-order chi connectivity index (χ0) is 20.3. The summed E-state index contributed by atoms with van der Waals surface area (Å²) in [6.45, 7) is 8.84. The number of likely N-dealkylation sites (N-methyl/N-ethyl adjacent to an activating group) is 1.